The van der Waals surface area contributed by atoms with Crippen LogP contribution in [0, 0.1) is 11.8 Å². The number of carbonyl (C=O) groups excluding carboxylic acids is 4. The number of likely N-dealkylation sites (tertiary alicyclic amines) is 2. The fourth-order valence-corrected chi connectivity index (χ4v) is 10.7. The first-order valence-corrected chi connectivity index (χ1v) is 23.1. The number of allylic oxidation sites excluding steroid dienone is 1. The quantitative estimate of drug-likeness (QED) is 0.162. The van der Waals surface area contributed by atoms with Crippen molar-refractivity contribution in [2.24, 2.45) is 16.8 Å². The molecule has 5 aliphatic rings. The van der Waals surface area contributed by atoms with Crippen molar-refractivity contribution in [3.63, 3.8) is 0 Å². The minimum Gasteiger partial charge on any atom is -0.453 e. The van der Waals surface area contributed by atoms with Crippen LogP contribution in [-0.2, 0) is 28.5 Å². The van der Waals surface area contributed by atoms with Crippen molar-refractivity contribution in [1.82, 2.24) is 30.4 Å². The number of nitrogens with zero attached hydrogens (tertiary/aromatic N) is 4. The molecule has 64 heavy (non-hydrogen) atoms. The third kappa shape index (κ3) is 9.54. The van der Waals surface area contributed by atoms with Crippen LogP contribution in [0.4, 0.5) is 9.59 Å². The van der Waals surface area contributed by atoms with Crippen molar-refractivity contribution in [2.75, 3.05) is 40.6 Å². The van der Waals surface area contributed by atoms with Crippen molar-refractivity contribution in [1.29, 1.82) is 0 Å². The Hall–Kier alpha value is -4.96. The van der Waals surface area contributed by atoms with Gasteiger partial charge < -0.3 is 44.4 Å². The number of rotatable bonds is 11. The van der Waals surface area contributed by atoms with E-state index in [9.17, 15) is 19.2 Å². The summed E-state index contributed by atoms with van der Waals surface area (Å²) in [6.45, 7) is 6.21. The van der Waals surface area contributed by atoms with Crippen LogP contribution >= 0.6 is 23.2 Å². The zero-order valence-electron chi connectivity index (χ0n) is 36.7. The summed E-state index contributed by atoms with van der Waals surface area (Å²) in [5, 5.41) is 6.45. The van der Waals surface area contributed by atoms with Crippen LogP contribution < -0.4 is 10.6 Å². The van der Waals surface area contributed by atoms with Crippen LogP contribution in [0.3, 0.4) is 0 Å². The molecule has 0 aliphatic carbocycles. The number of nitrogens with one attached hydrogen (secondary N) is 3. The standard InChI is InChI=1S/C47H57Cl2N7O8/c1-26-5-15-36(55(26)44(57)39(52-46(59)61-3)32-17-21-63-22-18-32)35-25-34(41(48)50-35)30-11-7-28(8-12-30)29-9-13-31(14-10-29)38-42(49)54-43(51-38)37-16-6-27(2)56(37)45(58)40(53-47(60)62-4)33-19-23-64-24-20-33/h7-14,26-27,32-33,36-37,39-40H,5-6,15-25H2,1-4H3,(H,51,54)(H,52,59)(H,53,60)/t26-,27-,36-,37-,39-,40-/m0/s1. The topological polar surface area (TPSA) is 177 Å². The molecule has 6 heterocycles. The zero-order chi connectivity index (χ0) is 45.1. The monoisotopic (exact) mass is 917 g/mol. The Bertz CT molecular complexity index is 2250. The molecule has 17 heteroatoms. The lowest BCUT2D eigenvalue weighted by Crippen LogP contribution is -2.56. The van der Waals surface area contributed by atoms with Crippen LogP contribution in [0.5, 0.6) is 0 Å². The lowest BCUT2D eigenvalue weighted by molar-refractivity contribution is -0.139. The number of alkyl carbamates (subject to hydrolysis) is 2. The molecular formula is C47H57Cl2N7O8. The fraction of sp³-hybridized carbons (Fsp3) is 0.532. The number of aromatic amines is 1. The van der Waals surface area contributed by atoms with Gasteiger partial charge in [0, 0.05) is 61.8 Å². The Morgan fingerprint density at radius 1 is 0.672 bits per heavy atom. The number of H-pyrrole nitrogens is 1. The Morgan fingerprint density at radius 2 is 1.12 bits per heavy atom. The Labute approximate surface area is 383 Å². The highest BCUT2D eigenvalue weighted by molar-refractivity contribution is 6.35. The minimum absolute atomic E-state index is 0.0303. The van der Waals surface area contributed by atoms with E-state index in [0.717, 1.165) is 52.8 Å². The molecule has 4 fully saturated rings. The minimum atomic E-state index is -0.743. The summed E-state index contributed by atoms with van der Waals surface area (Å²) in [5.41, 5.74) is 6.12. The van der Waals surface area contributed by atoms with E-state index in [-0.39, 0.29) is 47.8 Å². The number of aliphatic imine (C=N–C) groups is 1. The molecule has 2 aromatic carbocycles. The molecule has 6 atom stereocenters. The first kappa shape index (κ1) is 45.6. The molecule has 342 valence electrons. The van der Waals surface area contributed by atoms with Gasteiger partial charge in [0.25, 0.3) is 0 Å². The van der Waals surface area contributed by atoms with E-state index in [1.807, 2.05) is 60.0 Å². The number of hydrogen-bond acceptors (Lipinski definition) is 10. The predicted octanol–water partition coefficient (Wildman–Crippen LogP) is 7.88. The van der Waals surface area contributed by atoms with Crippen LogP contribution in [0.25, 0.3) is 28.0 Å². The Balaban J connectivity index is 0.934. The van der Waals surface area contributed by atoms with E-state index in [1.54, 1.807) is 0 Å². The maximum absolute atomic E-state index is 14.3. The number of carbonyl (C=O) groups is 4. The molecule has 0 saturated carbocycles. The molecule has 4 saturated heterocycles. The third-order valence-electron chi connectivity index (χ3n) is 13.7. The van der Waals surface area contributed by atoms with Gasteiger partial charge in [-0.2, -0.15) is 0 Å². The summed E-state index contributed by atoms with van der Waals surface area (Å²) >= 11 is 13.7. The summed E-state index contributed by atoms with van der Waals surface area (Å²) in [4.78, 5) is 70.1. The van der Waals surface area contributed by atoms with Crippen LogP contribution in [0.15, 0.2) is 58.7 Å². The molecular weight excluding hydrogens is 861 g/mol. The zero-order valence-corrected chi connectivity index (χ0v) is 38.3. The maximum Gasteiger partial charge on any atom is 0.407 e. The number of halogens is 2. The molecule has 0 bridgehead atoms. The third-order valence-corrected chi connectivity index (χ3v) is 14.3. The number of hydrogen-bond donors (Lipinski definition) is 3. The lowest BCUT2D eigenvalue weighted by Gasteiger charge is -2.36. The average molecular weight is 919 g/mol. The van der Waals surface area contributed by atoms with Crippen LogP contribution in [-0.4, -0.2) is 120 Å². The van der Waals surface area contributed by atoms with E-state index in [0.29, 0.717) is 86.8 Å². The van der Waals surface area contributed by atoms with Gasteiger partial charge in [-0.3, -0.25) is 9.59 Å². The molecule has 15 nitrogen and oxygen atoms in total. The van der Waals surface area contributed by atoms with Gasteiger partial charge in [0.05, 0.1) is 26.3 Å². The van der Waals surface area contributed by atoms with Crippen LogP contribution in [0.2, 0.25) is 5.15 Å². The fourth-order valence-electron chi connectivity index (χ4n) is 10.2. The summed E-state index contributed by atoms with van der Waals surface area (Å²) in [6.07, 6.45) is 4.97. The Kier molecular flexibility index (Phi) is 14.3. The summed E-state index contributed by atoms with van der Waals surface area (Å²) < 4.78 is 20.9. The highest BCUT2D eigenvalue weighted by atomic mass is 35.5. The molecule has 3 aromatic rings. The number of methoxy groups -OCH3 is 2. The second-order valence-electron chi connectivity index (χ2n) is 17.5. The van der Waals surface area contributed by atoms with Gasteiger partial charge in [-0.25, -0.2) is 19.6 Å². The second kappa shape index (κ2) is 20.1. The van der Waals surface area contributed by atoms with E-state index in [1.165, 1.54) is 14.2 Å². The first-order valence-electron chi connectivity index (χ1n) is 22.4. The molecule has 8 rings (SSSR count). The van der Waals surface area contributed by atoms with E-state index in [4.69, 9.17) is 52.1 Å². The molecule has 1 aromatic heterocycles. The highest BCUT2D eigenvalue weighted by Gasteiger charge is 2.45. The normalized spacial score (nSPS) is 24.1. The van der Waals surface area contributed by atoms with Gasteiger partial charge in [0.15, 0.2) is 0 Å². The summed E-state index contributed by atoms with van der Waals surface area (Å²) in [5.74, 6) is 0.181. The van der Waals surface area contributed by atoms with Crippen molar-refractivity contribution < 1.29 is 38.1 Å². The second-order valence-corrected chi connectivity index (χ2v) is 18.2. The number of imidazole rings is 1. The van der Waals surface area contributed by atoms with Crippen molar-refractivity contribution >= 4 is 58.5 Å². The molecule has 5 aliphatic heterocycles. The van der Waals surface area contributed by atoms with Crippen molar-refractivity contribution in [3.05, 3.63) is 70.2 Å². The first-order chi connectivity index (χ1) is 30.9. The highest BCUT2D eigenvalue weighted by Crippen LogP contribution is 2.41. The van der Waals surface area contributed by atoms with E-state index < -0.39 is 24.3 Å². The summed E-state index contributed by atoms with van der Waals surface area (Å²) in [6, 6.07) is 14.1. The average Bonchev–Trinajstić information content (AvgIpc) is 4.12. The number of benzene rings is 2. The molecule has 4 amide bonds. The molecule has 0 unspecified atom stereocenters. The van der Waals surface area contributed by atoms with Crippen molar-refractivity contribution in [3.8, 4) is 22.4 Å². The largest absolute Gasteiger partial charge is 0.453 e. The smallest absolute Gasteiger partial charge is 0.407 e. The van der Waals surface area contributed by atoms with Gasteiger partial charge in [-0.15, -0.1) is 0 Å². The number of aromatic nitrogens is 2. The molecule has 3 N–H and O–H groups in total. The van der Waals surface area contributed by atoms with Gasteiger partial charge in [0.1, 0.15) is 33.9 Å². The van der Waals surface area contributed by atoms with E-state index in [2.05, 4.69) is 27.8 Å². The lowest BCUT2D eigenvalue weighted by atomic mass is 9.90. The summed E-state index contributed by atoms with van der Waals surface area (Å²) in [7, 11) is 2.60. The maximum atomic E-state index is 14.3. The Morgan fingerprint density at radius 3 is 1.62 bits per heavy atom. The predicted molar refractivity (Wildman–Crippen MR) is 243 cm³/mol. The van der Waals surface area contributed by atoms with Gasteiger partial charge in [-0.05, 0) is 93.7 Å². The van der Waals surface area contributed by atoms with Gasteiger partial charge >= 0.3 is 12.2 Å². The number of ether oxygens (including phenoxy) is 4. The van der Waals surface area contributed by atoms with Crippen LogP contribution in [0.1, 0.15) is 89.1 Å². The molecule has 0 radical (unpaired) electrons. The van der Waals surface area contributed by atoms with Crippen molar-refractivity contribution in [2.45, 2.75) is 108 Å². The number of amides is 4. The van der Waals surface area contributed by atoms with Gasteiger partial charge in [0.2, 0.25) is 11.8 Å². The molecule has 0 spiro atoms. The SMILES string of the molecule is COC(=O)N[C@H](C(=O)N1[C@@H](C)CC[C@H]1C1=NC(Cl)=C(c2ccc(-c3ccc(-c4nc([C@@H]5CC[C@H](C)N5C(=O)[C@@H](NC(=O)OC)C5CCOCC5)[nH]c4Cl)cc3)cc2)C1)C1CCOCC1. The van der Waals surface area contributed by atoms with E-state index >= 15 is 0 Å². The van der Waals surface area contributed by atoms with Gasteiger partial charge in [-0.1, -0.05) is 71.7 Å².